The number of halogens is 7. The van der Waals surface area contributed by atoms with Crippen LogP contribution in [0.3, 0.4) is 0 Å². The maximum absolute atomic E-state index is 14.8. The van der Waals surface area contributed by atoms with Gasteiger partial charge in [0, 0.05) is 95.9 Å². The van der Waals surface area contributed by atoms with Gasteiger partial charge < -0.3 is 24.0 Å². The number of anilines is 2. The summed E-state index contributed by atoms with van der Waals surface area (Å²) >= 11 is 22.5. The Balaban J connectivity index is 0.000000127. The Morgan fingerprint density at radius 1 is 0.628 bits per heavy atom. The van der Waals surface area contributed by atoms with Gasteiger partial charge in [0.05, 0.1) is 82.9 Å². The number of fused-ring (bicyclic) bond motifs is 13. The first-order valence-electron chi connectivity index (χ1n) is 27.7. The van der Waals surface area contributed by atoms with Gasteiger partial charge in [0.2, 0.25) is 5.16 Å². The van der Waals surface area contributed by atoms with E-state index in [1.54, 1.807) is 21.5 Å². The van der Waals surface area contributed by atoms with E-state index in [1.807, 2.05) is 92.6 Å². The molecule has 4 aromatic carbocycles. The lowest BCUT2D eigenvalue weighted by atomic mass is 10.1. The standard InChI is InChI=1S/C24H20FN7OS.C15H15BrINO.C14H13BrN2O.C9H4BrClIN.2CH4/c1-30-11-15(9-27-30)14-7-19(25)23-28-29-24(32(23)12-14)34-17-4-5-20-18(8-17)22-21(10-26-20)31-6-2-3-16(31)13-33-22;16-11-5-6-14-12(7-11)15(13(17)8-18-14)19-9-10-3-1-2-4-10;15-9-3-4-12-11(6-9)14-13(7-16-12)17-5-1-2-10(17)8-18-14;10-5-1-2-8-6(3-5)9(11)7(12)4-13-8;;/h4-5,7-12,16H,2-3,6,13H2,1H3;5-8,10H,1-4,9H2;3-4,6-7,10H,1-2,5,8H2;1-4H;2*1H4/t16-;;10-;;;/m0.0.../s1. The summed E-state index contributed by atoms with van der Waals surface area (Å²) in [6.45, 7) is 4.51. The summed E-state index contributed by atoms with van der Waals surface area (Å²) in [5, 5.41) is 18.0. The van der Waals surface area contributed by atoms with Crippen LogP contribution in [0.2, 0.25) is 5.02 Å². The van der Waals surface area contributed by atoms with Crippen molar-refractivity contribution in [2.45, 2.75) is 88.4 Å². The second-order valence-corrected chi connectivity index (χ2v) is 27.8. The van der Waals surface area contributed by atoms with Crippen molar-refractivity contribution in [3.05, 3.63) is 154 Å². The Morgan fingerprint density at radius 2 is 1.17 bits per heavy atom. The summed E-state index contributed by atoms with van der Waals surface area (Å²) in [6.07, 6.45) is 23.1. The molecule has 1 aliphatic carbocycles. The van der Waals surface area contributed by atoms with Gasteiger partial charge in [-0.1, -0.05) is 87.1 Å². The molecule has 14 nitrogen and oxygen atoms in total. The molecule has 5 aliphatic rings. The highest BCUT2D eigenvalue weighted by atomic mass is 127. The van der Waals surface area contributed by atoms with Crippen LogP contribution in [0.5, 0.6) is 17.2 Å². The summed E-state index contributed by atoms with van der Waals surface area (Å²) in [5.74, 6) is 3.18. The highest BCUT2D eigenvalue weighted by Crippen LogP contribution is 2.45. The molecule has 0 bridgehead atoms. The van der Waals surface area contributed by atoms with Crippen LogP contribution in [-0.4, -0.2) is 89.3 Å². The summed E-state index contributed by atoms with van der Waals surface area (Å²) in [5.41, 5.74) is 7.76. The molecule has 4 aliphatic heterocycles. The number of ether oxygens (including phenoxy) is 3. The predicted molar refractivity (Wildman–Crippen MR) is 372 cm³/mol. The summed E-state index contributed by atoms with van der Waals surface area (Å²) in [4.78, 5) is 23.8. The van der Waals surface area contributed by atoms with Gasteiger partial charge in [0.25, 0.3) is 0 Å². The average Bonchev–Trinajstić information content (AvgIpc) is 1.87. The molecule has 22 heteroatoms. The highest BCUT2D eigenvalue weighted by Gasteiger charge is 2.34. The van der Waals surface area contributed by atoms with Gasteiger partial charge in [-0.15, -0.1) is 10.2 Å². The predicted octanol–water partition coefficient (Wildman–Crippen LogP) is 18.4. The molecule has 11 aromatic rings. The number of hydrogen-bond acceptors (Lipinski definition) is 13. The lowest BCUT2D eigenvalue weighted by Gasteiger charge is -2.33. The minimum atomic E-state index is -0.425. The lowest BCUT2D eigenvalue weighted by Crippen LogP contribution is -2.38. The molecule has 3 fully saturated rings. The van der Waals surface area contributed by atoms with Gasteiger partial charge >= 0.3 is 0 Å². The number of rotatable bonds is 6. The Bertz CT molecular complexity index is 4300. The smallest absolute Gasteiger partial charge is 0.200 e. The third-order valence-corrected chi connectivity index (χ3v) is 20.6. The van der Waals surface area contributed by atoms with E-state index in [0.29, 0.717) is 29.4 Å². The molecule has 2 atom stereocenters. The Morgan fingerprint density at radius 3 is 1.79 bits per heavy atom. The number of benzene rings is 4. The monoisotopic (exact) mass is 1610 g/mol. The van der Waals surface area contributed by atoms with E-state index in [1.165, 1.54) is 62.8 Å². The maximum Gasteiger partial charge on any atom is 0.200 e. The van der Waals surface area contributed by atoms with E-state index in [-0.39, 0.29) is 20.5 Å². The number of aromatic nitrogens is 9. The molecule has 0 spiro atoms. The molecule has 0 unspecified atom stereocenters. The number of hydrogen-bond donors (Lipinski definition) is 0. The molecule has 0 radical (unpaired) electrons. The van der Waals surface area contributed by atoms with Gasteiger partial charge in [0.15, 0.2) is 23.0 Å². The molecule has 444 valence electrons. The minimum Gasteiger partial charge on any atom is -0.491 e. The first kappa shape index (κ1) is 62.4. The fraction of sp³-hybridized carbons (Fsp3) is 0.297. The number of nitrogens with zero attached hydrogens (tertiary/aromatic N) is 11. The Hall–Kier alpha value is -5.18. The third-order valence-electron chi connectivity index (χ3n) is 15.8. The minimum absolute atomic E-state index is 0. The Labute approximate surface area is 560 Å². The summed E-state index contributed by atoms with van der Waals surface area (Å²) < 4.78 is 41.7. The van der Waals surface area contributed by atoms with E-state index >= 15 is 0 Å². The van der Waals surface area contributed by atoms with Crippen LogP contribution >= 0.6 is 116 Å². The highest BCUT2D eigenvalue weighted by molar-refractivity contribution is 14.1. The quantitative estimate of drug-likeness (QED) is 0.146. The van der Waals surface area contributed by atoms with Crippen molar-refractivity contribution in [2.75, 3.05) is 42.7 Å². The normalized spacial score (nSPS) is 16.5. The molecular formula is C64H60Br3ClFI2N11O3S. The molecule has 0 amide bonds. The second kappa shape index (κ2) is 27.3. The molecule has 16 rings (SSSR count). The first-order valence-corrected chi connectivity index (χ1v) is 33.4. The molecule has 2 saturated heterocycles. The fourth-order valence-corrected chi connectivity index (χ4v) is 14.8. The van der Waals surface area contributed by atoms with Gasteiger partial charge in [0.1, 0.15) is 19.0 Å². The van der Waals surface area contributed by atoms with Crippen LogP contribution in [0.25, 0.3) is 60.4 Å². The van der Waals surface area contributed by atoms with Crippen LogP contribution < -0.4 is 24.0 Å². The zero-order valence-corrected chi connectivity index (χ0v) is 55.8. The van der Waals surface area contributed by atoms with Gasteiger partial charge in [-0.2, -0.15) is 5.10 Å². The van der Waals surface area contributed by atoms with Crippen molar-refractivity contribution in [1.29, 1.82) is 0 Å². The topological polar surface area (TPSA) is 134 Å². The van der Waals surface area contributed by atoms with Crippen molar-refractivity contribution in [2.24, 2.45) is 13.0 Å². The first-order chi connectivity index (χ1) is 40.9. The van der Waals surface area contributed by atoms with Crippen LogP contribution in [-0.2, 0) is 7.05 Å². The molecule has 1 saturated carbocycles. The van der Waals surface area contributed by atoms with Crippen molar-refractivity contribution in [3.63, 3.8) is 0 Å². The number of aryl methyl sites for hydroxylation is 1. The third kappa shape index (κ3) is 13.1. The Kier molecular flexibility index (Phi) is 19.8. The summed E-state index contributed by atoms with van der Waals surface area (Å²) in [6, 6.07) is 26.7. The molecule has 86 heavy (non-hydrogen) atoms. The maximum atomic E-state index is 14.8. The van der Waals surface area contributed by atoms with E-state index in [4.69, 9.17) is 25.8 Å². The van der Waals surface area contributed by atoms with E-state index in [2.05, 4.69) is 156 Å². The van der Waals surface area contributed by atoms with E-state index in [0.717, 1.165) is 147 Å². The zero-order valence-electron chi connectivity index (χ0n) is 45.2. The van der Waals surface area contributed by atoms with Crippen molar-refractivity contribution in [3.8, 4) is 28.4 Å². The molecule has 0 N–H and O–H groups in total. The summed E-state index contributed by atoms with van der Waals surface area (Å²) in [7, 11) is 1.83. The van der Waals surface area contributed by atoms with Crippen molar-refractivity contribution >= 4 is 177 Å². The van der Waals surface area contributed by atoms with Gasteiger partial charge in [-0.3, -0.25) is 29.0 Å². The van der Waals surface area contributed by atoms with E-state index < -0.39 is 5.82 Å². The largest absolute Gasteiger partial charge is 0.491 e. The fourth-order valence-electron chi connectivity index (χ4n) is 11.6. The second-order valence-electron chi connectivity index (χ2n) is 21.3. The van der Waals surface area contributed by atoms with Crippen LogP contribution in [0.15, 0.2) is 146 Å². The molecular weight excluding hydrogens is 1550 g/mol. The van der Waals surface area contributed by atoms with Crippen LogP contribution in [0.1, 0.15) is 66.2 Å². The SMILES string of the molecule is Brc1ccc2ncc(I)c(OCC3CCCC3)c2c1.Brc1ccc2ncc3c(c2c1)OC[C@@H]1CCCN31.C.C.Clc1c(I)cnc2ccc(Br)cc12.Cn1cc(-c2cc(F)c3nnc(Sc4ccc5ncc6c(c5c4)OC[C@@H]4CCCN64)n3c2)cn1. The van der Waals surface area contributed by atoms with E-state index in [9.17, 15) is 4.39 Å². The van der Waals surface area contributed by atoms with Crippen molar-refractivity contribution < 1.29 is 18.6 Å². The average molecular weight is 1610 g/mol. The van der Waals surface area contributed by atoms with Crippen LogP contribution in [0.4, 0.5) is 15.8 Å². The molecule has 11 heterocycles. The van der Waals surface area contributed by atoms with Gasteiger partial charge in [-0.25, -0.2) is 4.39 Å². The van der Waals surface area contributed by atoms with Gasteiger partial charge in [-0.05, 0) is 180 Å². The van der Waals surface area contributed by atoms with Crippen LogP contribution in [0, 0.1) is 18.9 Å². The zero-order chi connectivity index (χ0) is 57.6. The lowest BCUT2D eigenvalue weighted by molar-refractivity contribution is 0.253. The number of pyridine rings is 5. The van der Waals surface area contributed by atoms with Crippen molar-refractivity contribution in [1.82, 2.24) is 44.3 Å². The molecule has 7 aromatic heterocycles.